The van der Waals surface area contributed by atoms with Crippen molar-refractivity contribution >= 4 is 6.09 Å². The number of carbonyl (C=O) groups is 1. The van der Waals surface area contributed by atoms with Gasteiger partial charge in [-0.05, 0) is 19.0 Å². The van der Waals surface area contributed by atoms with Gasteiger partial charge in [0.2, 0.25) is 0 Å². The van der Waals surface area contributed by atoms with Crippen molar-refractivity contribution in [3.8, 4) is 5.75 Å². The van der Waals surface area contributed by atoms with Gasteiger partial charge in [-0.3, -0.25) is 4.90 Å². The van der Waals surface area contributed by atoms with Crippen LogP contribution in [0, 0.1) is 6.92 Å². The molecule has 0 aromatic heterocycles. The maximum atomic E-state index is 12.4. The molecule has 0 N–H and O–H groups in total. The summed E-state index contributed by atoms with van der Waals surface area (Å²) in [6.45, 7) is 7.15. The van der Waals surface area contributed by atoms with E-state index >= 15 is 0 Å². The molecule has 145 valence electrons. The van der Waals surface area contributed by atoms with Crippen LogP contribution in [0.4, 0.5) is 18.0 Å². The van der Waals surface area contributed by atoms with E-state index in [-0.39, 0.29) is 17.9 Å². The second kappa shape index (κ2) is 9.66. The Morgan fingerprint density at radius 2 is 1.81 bits per heavy atom. The zero-order valence-electron chi connectivity index (χ0n) is 14.6. The molecule has 0 aliphatic carbocycles. The number of para-hydroxylation sites is 1. The number of halogens is 3. The van der Waals surface area contributed by atoms with Crippen molar-refractivity contribution in [2.45, 2.75) is 32.2 Å². The van der Waals surface area contributed by atoms with Crippen molar-refractivity contribution in [3.05, 3.63) is 36.8 Å². The first-order valence-corrected chi connectivity index (χ1v) is 8.66. The number of carbonyl (C=O) groups excluding carboxylic acids is 1. The molecular weight excluding hydrogens is 349 g/mol. The van der Waals surface area contributed by atoms with Gasteiger partial charge in [-0.1, -0.05) is 38.0 Å². The molecule has 1 aliphatic heterocycles. The highest BCUT2D eigenvalue weighted by atomic mass is 19.4. The van der Waals surface area contributed by atoms with Gasteiger partial charge in [0.1, 0.15) is 12.4 Å². The lowest BCUT2D eigenvalue weighted by Crippen LogP contribution is -2.48. The Morgan fingerprint density at radius 3 is 2.46 bits per heavy atom. The molecule has 0 spiro atoms. The Labute approximate surface area is 151 Å². The van der Waals surface area contributed by atoms with E-state index in [1.807, 2.05) is 0 Å². The van der Waals surface area contributed by atoms with Crippen LogP contribution in [0.15, 0.2) is 24.3 Å². The fourth-order valence-corrected chi connectivity index (χ4v) is 2.74. The summed E-state index contributed by atoms with van der Waals surface area (Å²) in [5.74, 6) is -0.358. The first-order chi connectivity index (χ1) is 12.4. The Morgan fingerprint density at radius 1 is 1.12 bits per heavy atom. The van der Waals surface area contributed by atoms with Crippen LogP contribution < -0.4 is 4.74 Å². The maximum Gasteiger partial charge on any atom is 0.573 e. The van der Waals surface area contributed by atoms with Crippen molar-refractivity contribution in [1.82, 2.24) is 9.80 Å². The Kier molecular flexibility index (Phi) is 7.56. The predicted molar refractivity (Wildman–Crippen MR) is 90.5 cm³/mol. The van der Waals surface area contributed by atoms with Gasteiger partial charge in [-0.15, -0.1) is 13.2 Å². The molecule has 1 radical (unpaired) electrons. The summed E-state index contributed by atoms with van der Waals surface area (Å²) in [6.07, 6.45) is -2.22. The summed E-state index contributed by atoms with van der Waals surface area (Å²) in [5.41, 5.74) is 0.171. The normalized spacial score (nSPS) is 15.8. The Balaban J connectivity index is 1.79. The minimum Gasteiger partial charge on any atom is -0.444 e. The van der Waals surface area contributed by atoms with E-state index in [0.29, 0.717) is 13.1 Å². The van der Waals surface area contributed by atoms with Crippen LogP contribution in [-0.2, 0) is 11.3 Å². The highest BCUT2D eigenvalue weighted by Gasteiger charge is 2.32. The van der Waals surface area contributed by atoms with Crippen LogP contribution in [0.1, 0.15) is 24.8 Å². The standard InChI is InChI=1S/C18H24F3N2O3/c1-2-3-6-9-22-10-12-23(13-11-22)17(24)25-14-15-7-4-5-8-16(15)26-18(19,20)21/h4-5,7-8H,1-3,6,9-14H2. The number of hydrogen-bond acceptors (Lipinski definition) is 4. The SMILES string of the molecule is [CH2]CCCCN1CCN(C(=O)OCc2ccccc2OC(F)(F)F)CC1. The first kappa shape index (κ1) is 20.4. The van der Waals surface area contributed by atoms with Gasteiger partial charge in [0.05, 0.1) is 0 Å². The van der Waals surface area contributed by atoms with E-state index in [1.165, 1.54) is 18.2 Å². The number of piperazine rings is 1. The summed E-state index contributed by atoms with van der Waals surface area (Å²) in [5, 5.41) is 0. The molecule has 1 heterocycles. The Hall–Kier alpha value is -1.96. The fraction of sp³-hybridized carbons (Fsp3) is 0.556. The number of benzene rings is 1. The van der Waals surface area contributed by atoms with Crippen LogP contribution in [0.2, 0.25) is 0 Å². The second-order valence-electron chi connectivity index (χ2n) is 6.10. The first-order valence-electron chi connectivity index (χ1n) is 8.66. The number of ether oxygens (including phenoxy) is 2. The van der Waals surface area contributed by atoms with Crippen LogP contribution in [0.25, 0.3) is 0 Å². The molecule has 26 heavy (non-hydrogen) atoms. The average molecular weight is 373 g/mol. The molecule has 1 aromatic carbocycles. The van der Waals surface area contributed by atoms with Gasteiger partial charge in [-0.25, -0.2) is 4.79 Å². The molecule has 8 heteroatoms. The topological polar surface area (TPSA) is 42.0 Å². The summed E-state index contributed by atoms with van der Waals surface area (Å²) < 4.78 is 46.4. The van der Waals surface area contributed by atoms with Crippen molar-refractivity contribution in [3.63, 3.8) is 0 Å². The summed E-state index contributed by atoms with van der Waals surface area (Å²) >= 11 is 0. The van der Waals surface area contributed by atoms with E-state index in [0.717, 1.165) is 38.9 Å². The second-order valence-corrected chi connectivity index (χ2v) is 6.10. The smallest absolute Gasteiger partial charge is 0.444 e. The quantitative estimate of drug-likeness (QED) is 0.681. The van der Waals surface area contributed by atoms with Crippen LogP contribution in [0.3, 0.4) is 0 Å². The van der Waals surface area contributed by atoms with Gasteiger partial charge < -0.3 is 14.4 Å². The van der Waals surface area contributed by atoms with E-state index < -0.39 is 12.5 Å². The third-order valence-corrected chi connectivity index (χ3v) is 4.15. The number of amides is 1. The molecule has 0 atom stereocenters. The molecule has 0 unspecified atom stereocenters. The van der Waals surface area contributed by atoms with Crippen molar-refractivity contribution in [2.75, 3.05) is 32.7 Å². The van der Waals surface area contributed by atoms with Gasteiger partial charge in [0.15, 0.2) is 0 Å². The fourth-order valence-electron chi connectivity index (χ4n) is 2.74. The number of alkyl halides is 3. The molecule has 2 rings (SSSR count). The summed E-state index contributed by atoms with van der Waals surface area (Å²) in [7, 11) is 0. The van der Waals surface area contributed by atoms with Crippen molar-refractivity contribution in [1.29, 1.82) is 0 Å². The Bertz CT molecular complexity index is 573. The van der Waals surface area contributed by atoms with E-state index in [2.05, 4.69) is 16.6 Å². The lowest BCUT2D eigenvalue weighted by atomic mass is 10.2. The third-order valence-electron chi connectivity index (χ3n) is 4.15. The zero-order valence-corrected chi connectivity index (χ0v) is 14.6. The summed E-state index contributed by atoms with van der Waals surface area (Å²) in [4.78, 5) is 16.0. The highest BCUT2D eigenvalue weighted by Crippen LogP contribution is 2.26. The molecule has 0 saturated carbocycles. The molecule has 1 fully saturated rings. The molecule has 0 bridgehead atoms. The van der Waals surface area contributed by atoms with Crippen LogP contribution in [-0.4, -0.2) is 55.0 Å². The molecule has 1 saturated heterocycles. The predicted octanol–water partition coefficient (Wildman–Crippen LogP) is 3.84. The number of nitrogens with zero attached hydrogens (tertiary/aromatic N) is 2. The van der Waals surface area contributed by atoms with Crippen LogP contribution >= 0.6 is 0 Å². The number of rotatable bonds is 7. The molecular formula is C18H24F3N2O3. The van der Waals surface area contributed by atoms with Gasteiger partial charge in [-0.2, -0.15) is 0 Å². The largest absolute Gasteiger partial charge is 0.573 e. The summed E-state index contributed by atoms with van der Waals surface area (Å²) in [6, 6.07) is 5.63. The number of hydrogen-bond donors (Lipinski definition) is 0. The minimum atomic E-state index is -4.79. The average Bonchev–Trinajstić information content (AvgIpc) is 2.60. The lowest BCUT2D eigenvalue weighted by Gasteiger charge is -2.34. The van der Waals surface area contributed by atoms with Gasteiger partial charge in [0, 0.05) is 31.7 Å². The number of unbranched alkanes of at least 4 members (excludes halogenated alkanes) is 2. The maximum absolute atomic E-state index is 12.4. The molecule has 1 aliphatic rings. The van der Waals surface area contributed by atoms with Crippen LogP contribution in [0.5, 0.6) is 5.75 Å². The molecule has 1 amide bonds. The van der Waals surface area contributed by atoms with Crippen molar-refractivity contribution < 1.29 is 27.4 Å². The molecule has 5 nitrogen and oxygen atoms in total. The van der Waals surface area contributed by atoms with Gasteiger partial charge in [0.25, 0.3) is 0 Å². The minimum absolute atomic E-state index is 0.171. The third kappa shape index (κ3) is 6.74. The monoisotopic (exact) mass is 373 g/mol. The highest BCUT2D eigenvalue weighted by molar-refractivity contribution is 5.67. The lowest BCUT2D eigenvalue weighted by molar-refractivity contribution is -0.275. The van der Waals surface area contributed by atoms with E-state index in [1.54, 1.807) is 11.0 Å². The van der Waals surface area contributed by atoms with E-state index in [9.17, 15) is 18.0 Å². The van der Waals surface area contributed by atoms with Gasteiger partial charge >= 0.3 is 12.5 Å². The molecule has 1 aromatic rings. The van der Waals surface area contributed by atoms with Crippen molar-refractivity contribution in [2.24, 2.45) is 0 Å². The zero-order chi connectivity index (χ0) is 19.0. The van der Waals surface area contributed by atoms with E-state index in [4.69, 9.17) is 4.74 Å².